The molecule has 50 heavy (non-hydrogen) atoms. The summed E-state index contributed by atoms with van der Waals surface area (Å²) < 4.78 is 11.6. The molecule has 7 N–H and O–H groups in total. The van der Waals surface area contributed by atoms with Crippen molar-refractivity contribution in [3.8, 4) is 0 Å². The first-order valence-corrected chi connectivity index (χ1v) is 19.6. The van der Waals surface area contributed by atoms with Crippen molar-refractivity contribution in [1.29, 1.82) is 0 Å². The Morgan fingerprint density at radius 3 is 2.48 bits per heavy atom. The molecule has 0 aromatic carbocycles. The van der Waals surface area contributed by atoms with Gasteiger partial charge in [-0.15, -0.1) is 0 Å². The van der Waals surface area contributed by atoms with Crippen LogP contribution in [0.4, 0.5) is 0 Å². The lowest BCUT2D eigenvalue weighted by Gasteiger charge is -2.46. The van der Waals surface area contributed by atoms with E-state index in [1.165, 1.54) is 51.4 Å². The minimum absolute atomic E-state index is 0.0610. The van der Waals surface area contributed by atoms with Gasteiger partial charge in [0.1, 0.15) is 0 Å². The molecule has 0 aromatic rings. The maximum Gasteiger partial charge on any atom is 0.337 e. The van der Waals surface area contributed by atoms with Crippen LogP contribution in [0.1, 0.15) is 129 Å². The van der Waals surface area contributed by atoms with Gasteiger partial charge in [-0.3, -0.25) is 9.79 Å². The quantitative estimate of drug-likeness (QED) is 0.0626. The van der Waals surface area contributed by atoms with Gasteiger partial charge in [-0.1, -0.05) is 51.9 Å². The third-order valence-corrected chi connectivity index (χ3v) is 11.1. The van der Waals surface area contributed by atoms with E-state index in [1.807, 2.05) is 4.90 Å². The van der Waals surface area contributed by atoms with Crippen LogP contribution in [0.3, 0.4) is 0 Å². The van der Waals surface area contributed by atoms with Gasteiger partial charge in [-0.05, 0) is 77.6 Å². The molecule has 13 heteroatoms. The second kappa shape index (κ2) is 18.6. The number of nitrogens with zero attached hydrogens (tertiary/aromatic N) is 5. The summed E-state index contributed by atoms with van der Waals surface area (Å²) >= 11 is 0. The summed E-state index contributed by atoms with van der Waals surface area (Å²) in [6.45, 7) is 6.20. The van der Waals surface area contributed by atoms with Crippen molar-refractivity contribution in [3.63, 3.8) is 0 Å². The van der Waals surface area contributed by atoms with E-state index in [0.717, 1.165) is 63.1 Å². The number of fused-ring (bicyclic) bond motifs is 1. The van der Waals surface area contributed by atoms with E-state index in [-0.39, 0.29) is 48.5 Å². The summed E-state index contributed by atoms with van der Waals surface area (Å²) in [4.78, 5) is 44.8. The number of carbonyl (C=O) groups excluding carboxylic acids is 2. The minimum Gasteiger partial charge on any atom is -0.465 e. The molecule has 6 atom stereocenters. The average Bonchev–Trinajstić information content (AvgIpc) is 3.74. The first-order chi connectivity index (χ1) is 24.3. The third-order valence-electron chi connectivity index (χ3n) is 11.1. The smallest absolute Gasteiger partial charge is 0.337 e. The fourth-order valence-electron chi connectivity index (χ4n) is 8.59. The number of aliphatic imine (C=N–C) groups is 3. The lowest BCUT2D eigenvalue weighted by Crippen LogP contribution is -2.63. The van der Waals surface area contributed by atoms with Gasteiger partial charge >= 0.3 is 11.9 Å². The Kier molecular flexibility index (Phi) is 14.1. The van der Waals surface area contributed by atoms with Crippen molar-refractivity contribution in [3.05, 3.63) is 11.3 Å². The largest absolute Gasteiger partial charge is 0.465 e. The highest BCUT2D eigenvalue weighted by Gasteiger charge is 2.51. The number of carbonyl (C=O) groups is 2. The van der Waals surface area contributed by atoms with Gasteiger partial charge in [0.2, 0.25) is 0 Å². The Bertz CT molecular complexity index is 1280. The summed E-state index contributed by atoms with van der Waals surface area (Å²) in [6, 6.07) is 0.578. The van der Waals surface area contributed by atoms with Gasteiger partial charge in [0.15, 0.2) is 17.9 Å². The van der Waals surface area contributed by atoms with Gasteiger partial charge in [0.05, 0.1) is 36.8 Å². The second-order valence-corrected chi connectivity index (χ2v) is 14.8. The number of esters is 2. The van der Waals surface area contributed by atoms with Crippen molar-refractivity contribution in [2.75, 3.05) is 26.3 Å². The number of hydrogen-bond donors (Lipinski definition) is 4. The molecule has 0 spiro atoms. The topological polar surface area (TPSA) is 186 Å². The van der Waals surface area contributed by atoms with Crippen LogP contribution in [0.15, 0.2) is 26.2 Å². The minimum atomic E-state index is -0.369. The van der Waals surface area contributed by atoms with Gasteiger partial charge in [0.25, 0.3) is 0 Å². The van der Waals surface area contributed by atoms with Crippen molar-refractivity contribution in [2.24, 2.45) is 38.1 Å². The molecule has 5 heterocycles. The molecule has 5 aliphatic heterocycles. The van der Waals surface area contributed by atoms with Crippen LogP contribution in [0.5, 0.6) is 0 Å². The standard InChI is InChI=1S/C37H63N9O4/c1-3-4-5-6-7-8-9-15-26-24-27-18-19-30-31(25(2)42-37(43-26)46(27)30)33(47)49-22-12-10-16-28-32(29-17-14-21-45(29)36(40)44-28)34(48)50-23-13-11-20-41-35(38)39/h25-28,30-31H,3-24H2,1-2H3,(H2,40,44)(H,42,43)(H4,38,39,41). The maximum absolute atomic E-state index is 13.5. The normalized spacial score (nSPS) is 26.8. The van der Waals surface area contributed by atoms with Crippen LogP contribution in [0, 0.1) is 5.92 Å². The van der Waals surface area contributed by atoms with Gasteiger partial charge < -0.3 is 41.8 Å². The molecule has 3 saturated heterocycles. The lowest BCUT2D eigenvalue weighted by atomic mass is 9.89. The number of allylic oxidation sites excluding steroid dienone is 1. The zero-order chi connectivity index (χ0) is 35.5. The monoisotopic (exact) mass is 698 g/mol. The maximum atomic E-state index is 13.5. The van der Waals surface area contributed by atoms with Gasteiger partial charge in [-0.25, -0.2) is 14.8 Å². The van der Waals surface area contributed by atoms with E-state index in [4.69, 9.17) is 36.7 Å². The van der Waals surface area contributed by atoms with Gasteiger partial charge in [-0.2, -0.15) is 0 Å². The Morgan fingerprint density at radius 1 is 0.940 bits per heavy atom. The lowest BCUT2D eigenvalue weighted by molar-refractivity contribution is -0.151. The van der Waals surface area contributed by atoms with Crippen molar-refractivity contribution >= 4 is 29.8 Å². The summed E-state index contributed by atoms with van der Waals surface area (Å²) in [5.74, 6) is 0.774. The second-order valence-electron chi connectivity index (χ2n) is 14.8. The van der Waals surface area contributed by atoms with Crippen LogP contribution >= 0.6 is 0 Å². The number of guanidine groups is 3. The summed E-state index contributed by atoms with van der Waals surface area (Å²) in [5.41, 5.74) is 18.6. The Morgan fingerprint density at radius 2 is 1.68 bits per heavy atom. The average molecular weight is 698 g/mol. The molecule has 13 nitrogen and oxygen atoms in total. The summed E-state index contributed by atoms with van der Waals surface area (Å²) in [5, 5.41) is 3.75. The van der Waals surface area contributed by atoms with Gasteiger partial charge in [0, 0.05) is 36.9 Å². The number of hydrogen-bond acceptors (Lipinski definition) is 11. The Balaban J connectivity index is 1.06. The number of nitrogens with two attached hydrogens (primary N) is 3. The predicted octanol–water partition coefficient (Wildman–Crippen LogP) is 4.05. The highest BCUT2D eigenvalue weighted by molar-refractivity contribution is 5.95. The molecule has 5 rings (SSSR count). The number of unbranched alkanes of at least 4 members (excludes halogenated alkanes) is 8. The Hall–Kier alpha value is -3.51. The summed E-state index contributed by atoms with van der Waals surface area (Å²) in [7, 11) is 0. The van der Waals surface area contributed by atoms with Crippen LogP contribution in [0.25, 0.3) is 0 Å². The molecule has 0 aromatic heterocycles. The molecule has 280 valence electrons. The molecule has 3 fully saturated rings. The van der Waals surface area contributed by atoms with E-state index in [0.29, 0.717) is 56.0 Å². The number of ether oxygens (including phenoxy) is 2. The van der Waals surface area contributed by atoms with Crippen LogP contribution in [-0.2, 0) is 19.1 Å². The van der Waals surface area contributed by atoms with E-state index in [2.05, 4.69) is 29.1 Å². The van der Waals surface area contributed by atoms with Crippen LogP contribution in [0.2, 0.25) is 0 Å². The van der Waals surface area contributed by atoms with Crippen LogP contribution < -0.4 is 22.5 Å². The molecule has 0 bridgehead atoms. The van der Waals surface area contributed by atoms with E-state index >= 15 is 0 Å². The molecule has 5 aliphatic rings. The molecule has 0 aliphatic carbocycles. The highest BCUT2D eigenvalue weighted by Crippen LogP contribution is 2.40. The number of nitrogens with one attached hydrogen (secondary N) is 1. The van der Waals surface area contributed by atoms with E-state index in [1.54, 1.807) is 0 Å². The van der Waals surface area contributed by atoms with Crippen molar-refractivity contribution in [1.82, 2.24) is 15.1 Å². The van der Waals surface area contributed by atoms with E-state index < -0.39 is 0 Å². The zero-order valence-corrected chi connectivity index (χ0v) is 30.6. The predicted molar refractivity (Wildman–Crippen MR) is 197 cm³/mol. The summed E-state index contributed by atoms with van der Waals surface area (Å²) in [6.07, 6.45) is 18.8. The highest BCUT2D eigenvalue weighted by atomic mass is 16.5. The van der Waals surface area contributed by atoms with Crippen LogP contribution in [-0.4, -0.2) is 96.1 Å². The Labute approximate surface area is 298 Å². The first-order valence-electron chi connectivity index (χ1n) is 19.6. The molecular formula is C37H63N9O4. The first kappa shape index (κ1) is 37.7. The third kappa shape index (κ3) is 9.63. The molecular weight excluding hydrogens is 634 g/mol. The van der Waals surface area contributed by atoms with Crippen molar-refractivity contribution in [2.45, 2.75) is 160 Å². The molecule has 0 saturated carbocycles. The molecule has 0 radical (unpaired) electrons. The number of rotatable bonds is 20. The fraction of sp³-hybridized carbons (Fsp3) is 0.811. The SMILES string of the molecule is CCCCCCCCCC1CC2CCC3C(C(=O)OCCCCC4N=C(N)N5CCCC5=C4C(=O)OCCCCN=C(N)N)C(C)N=C(N1)N23. The fourth-order valence-corrected chi connectivity index (χ4v) is 8.59. The van der Waals surface area contributed by atoms with Crippen molar-refractivity contribution < 1.29 is 19.1 Å². The molecule has 0 amide bonds. The molecule has 6 unspecified atom stereocenters. The van der Waals surface area contributed by atoms with E-state index in [9.17, 15) is 9.59 Å². The zero-order valence-electron chi connectivity index (χ0n) is 30.6.